The van der Waals surface area contributed by atoms with Gasteiger partial charge in [0.25, 0.3) is 0 Å². The zero-order chi connectivity index (χ0) is 10.7. The number of carbonyl (C=O) groups is 1. The second kappa shape index (κ2) is 5.05. The van der Waals surface area contributed by atoms with Crippen LogP contribution in [0.5, 0.6) is 0 Å². The molecule has 0 aromatic heterocycles. The number of piperazine rings is 1. The van der Waals surface area contributed by atoms with Crippen molar-refractivity contribution in [3.63, 3.8) is 0 Å². The lowest BCUT2D eigenvalue weighted by Gasteiger charge is -2.32. The first-order chi connectivity index (χ1) is 7.27. The Hall–Kier alpha value is -0.460. The molecule has 2 aliphatic rings. The van der Waals surface area contributed by atoms with Crippen molar-refractivity contribution in [3.05, 3.63) is 0 Å². The molecule has 2 fully saturated rings. The molecule has 1 unspecified atom stereocenters. The minimum absolute atomic E-state index is 0.278. The van der Waals surface area contributed by atoms with Gasteiger partial charge < -0.3 is 16.0 Å². The van der Waals surface area contributed by atoms with Gasteiger partial charge >= 0.3 is 6.03 Å². The van der Waals surface area contributed by atoms with Gasteiger partial charge in [-0.1, -0.05) is 0 Å². The molecule has 2 amide bonds. The summed E-state index contributed by atoms with van der Waals surface area (Å²) in [5, 5.41) is 3.32. The highest BCUT2D eigenvalue weighted by Gasteiger charge is 2.29. The average Bonchev–Trinajstić information content (AvgIpc) is 2.67. The Kier molecular flexibility index (Phi) is 3.71. The molecule has 2 heterocycles. The van der Waals surface area contributed by atoms with E-state index in [0.717, 1.165) is 44.4 Å². The highest BCUT2D eigenvalue weighted by atomic mass is 32.2. The van der Waals surface area contributed by atoms with Gasteiger partial charge in [-0.25, -0.2) is 4.79 Å². The van der Waals surface area contributed by atoms with Crippen LogP contribution in [0.15, 0.2) is 0 Å². The normalized spacial score (nSPS) is 28.3. The van der Waals surface area contributed by atoms with E-state index in [4.69, 9.17) is 5.73 Å². The highest BCUT2D eigenvalue weighted by Crippen LogP contribution is 2.21. The minimum atomic E-state index is -0.278. The van der Waals surface area contributed by atoms with Gasteiger partial charge in [-0.2, -0.15) is 0 Å². The van der Waals surface area contributed by atoms with E-state index in [0.29, 0.717) is 6.04 Å². The molecule has 5 nitrogen and oxygen atoms in total. The fourth-order valence-corrected chi connectivity index (χ4v) is 3.27. The Morgan fingerprint density at radius 3 is 2.87 bits per heavy atom. The van der Waals surface area contributed by atoms with E-state index < -0.39 is 0 Å². The third kappa shape index (κ3) is 2.76. The summed E-state index contributed by atoms with van der Waals surface area (Å²) in [6, 6.07) is 0.0331. The fourth-order valence-electron chi connectivity index (χ4n) is 2.07. The van der Waals surface area contributed by atoms with Crippen molar-refractivity contribution in [2.45, 2.75) is 6.04 Å². The lowest BCUT2D eigenvalue weighted by molar-refractivity contribution is 0.167. The summed E-state index contributed by atoms with van der Waals surface area (Å²) in [6.07, 6.45) is 0. The topological polar surface area (TPSA) is 61.6 Å². The lowest BCUT2D eigenvalue weighted by Crippen LogP contribution is -2.51. The second-order valence-electron chi connectivity index (χ2n) is 4.01. The summed E-state index contributed by atoms with van der Waals surface area (Å²) in [5.41, 5.74) is 5.34. The molecule has 6 heteroatoms. The van der Waals surface area contributed by atoms with Crippen LogP contribution in [0.4, 0.5) is 4.79 Å². The van der Waals surface area contributed by atoms with E-state index in [9.17, 15) is 4.79 Å². The Morgan fingerprint density at radius 2 is 2.20 bits per heavy atom. The summed E-state index contributed by atoms with van der Waals surface area (Å²) in [4.78, 5) is 15.3. The molecule has 2 rings (SSSR count). The number of thioether (sulfide) groups is 1. The van der Waals surface area contributed by atoms with Gasteiger partial charge in [-0.15, -0.1) is 11.8 Å². The summed E-state index contributed by atoms with van der Waals surface area (Å²) in [5.74, 6) is 1.78. The maximum Gasteiger partial charge on any atom is 0.315 e. The number of nitrogens with two attached hydrogens (primary N) is 1. The van der Waals surface area contributed by atoms with Gasteiger partial charge in [-0.3, -0.25) is 4.90 Å². The van der Waals surface area contributed by atoms with Gasteiger partial charge in [0.1, 0.15) is 0 Å². The average molecular weight is 230 g/mol. The smallest absolute Gasteiger partial charge is 0.315 e. The molecule has 0 aromatic carbocycles. The minimum Gasteiger partial charge on any atom is -0.351 e. The van der Waals surface area contributed by atoms with Gasteiger partial charge in [0.05, 0.1) is 11.9 Å². The van der Waals surface area contributed by atoms with Crippen LogP contribution in [0.2, 0.25) is 0 Å². The van der Waals surface area contributed by atoms with Crippen molar-refractivity contribution in [2.75, 3.05) is 44.4 Å². The SMILES string of the molecule is NC(=O)N1CSCC1CN1CCNCC1. The first kappa shape index (κ1) is 11.0. The van der Waals surface area contributed by atoms with E-state index in [2.05, 4.69) is 10.2 Å². The van der Waals surface area contributed by atoms with Gasteiger partial charge in [0, 0.05) is 38.5 Å². The predicted molar refractivity (Wildman–Crippen MR) is 61.8 cm³/mol. The van der Waals surface area contributed by atoms with Crippen LogP contribution in [0.1, 0.15) is 0 Å². The third-order valence-corrected chi connectivity index (χ3v) is 4.02. The number of hydrogen-bond acceptors (Lipinski definition) is 4. The molecular weight excluding hydrogens is 212 g/mol. The summed E-state index contributed by atoms with van der Waals surface area (Å²) in [7, 11) is 0. The molecule has 86 valence electrons. The van der Waals surface area contributed by atoms with E-state index in [1.54, 1.807) is 16.7 Å². The van der Waals surface area contributed by atoms with Crippen LogP contribution in [0, 0.1) is 0 Å². The number of nitrogens with one attached hydrogen (secondary N) is 1. The zero-order valence-electron chi connectivity index (χ0n) is 8.82. The van der Waals surface area contributed by atoms with Gasteiger partial charge in [-0.05, 0) is 0 Å². The first-order valence-corrected chi connectivity index (χ1v) is 6.50. The van der Waals surface area contributed by atoms with Crippen LogP contribution in [0.3, 0.4) is 0 Å². The van der Waals surface area contributed by atoms with Crippen LogP contribution in [0.25, 0.3) is 0 Å². The Labute approximate surface area is 94.3 Å². The van der Waals surface area contributed by atoms with Gasteiger partial charge in [0.2, 0.25) is 0 Å². The number of carbonyl (C=O) groups excluding carboxylic acids is 1. The molecule has 0 aliphatic carbocycles. The molecule has 2 aliphatic heterocycles. The maximum atomic E-state index is 11.2. The first-order valence-electron chi connectivity index (χ1n) is 5.34. The monoisotopic (exact) mass is 230 g/mol. The molecule has 0 spiro atoms. The number of rotatable bonds is 2. The van der Waals surface area contributed by atoms with Crippen LogP contribution in [-0.4, -0.2) is 66.2 Å². The molecule has 2 saturated heterocycles. The fraction of sp³-hybridized carbons (Fsp3) is 0.889. The predicted octanol–water partition coefficient (Wildman–Crippen LogP) is -0.655. The molecule has 0 saturated carbocycles. The second-order valence-corrected chi connectivity index (χ2v) is 5.01. The molecule has 3 N–H and O–H groups in total. The summed E-state index contributed by atoms with van der Waals surface area (Å²) >= 11 is 1.79. The van der Waals surface area contributed by atoms with Crippen molar-refractivity contribution in [1.29, 1.82) is 0 Å². The molecular formula is C9H18N4OS. The van der Waals surface area contributed by atoms with Crippen molar-refractivity contribution in [3.8, 4) is 0 Å². The molecule has 15 heavy (non-hydrogen) atoms. The van der Waals surface area contributed by atoms with Crippen LogP contribution >= 0.6 is 11.8 Å². The Bertz CT molecular complexity index is 232. The van der Waals surface area contributed by atoms with E-state index in [1.807, 2.05) is 0 Å². The quantitative estimate of drug-likeness (QED) is 0.661. The number of amides is 2. The molecule has 0 radical (unpaired) electrons. The van der Waals surface area contributed by atoms with E-state index in [1.165, 1.54) is 0 Å². The van der Waals surface area contributed by atoms with Crippen molar-refractivity contribution >= 4 is 17.8 Å². The molecule has 0 bridgehead atoms. The molecule has 0 aromatic rings. The van der Waals surface area contributed by atoms with Crippen molar-refractivity contribution in [2.24, 2.45) is 5.73 Å². The maximum absolute atomic E-state index is 11.2. The number of urea groups is 1. The zero-order valence-corrected chi connectivity index (χ0v) is 9.63. The van der Waals surface area contributed by atoms with Crippen LogP contribution < -0.4 is 11.1 Å². The highest BCUT2D eigenvalue weighted by molar-refractivity contribution is 7.99. The van der Waals surface area contributed by atoms with E-state index >= 15 is 0 Å². The van der Waals surface area contributed by atoms with Crippen molar-refractivity contribution in [1.82, 2.24) is 15.1 Å². The number of primary amides is 1. The lowest BCUT2D eigenvalue weighted by atomic mass is 10.2. The Morgan fingerprint density at radius 1 is 1.47 bits per heavy atom. The van der Waals surface area contributed by atoms with E-state index in [-0.39, 0.29) is 6.03 Å². The third-order valence-electron chi connectivity index (χ3n) is 2.94. The van der Waals surface area contributed by atoms with Gasteiger partial charge in [0.15, 0.2) is 0 Å². The van der Waals surface area contributed by atoms with Crippen LogP contribution in [-0.2, 0) is 0 Å². The largest absolute Gasteiger partial charge is 0.351 e. The van der Waals surface area contributed by atoms with Crippen molar-refractivity contribution < 1.29 is 4.79 Å². The number of nitrogens with zero attached hydrogens (tertiary/aromatic N) is 2. The standard InChI is InChI=1S/C9H18N4OS/c10-9(14)13-7-15-6-8(13)5-12-3-1-11-2-4-12/h8,11H,1-7H2,(H2,10,14). The summed E-state index contributed by atoms with van der Waals surface area (Å²) in [6.45, 7) is 5.23. The molecule has 1 atom stereocenters. The number of hydrogen-bond donors (Lipinski definition) is 2. The summed E-state index contributed by atoms with van der Waals surface area (Å²) < 4.78 is 0. The Balaban J connectivity index is 1.84.